The molecule has 0 unspecified atom stereocenters. The third-order valence-electron chi connectivity index (χ3n) is 4.21. The number of benzene rings is 1. The molecule has 0 aromatic heterocycles. The number of carbonyl (C=O) groups is 1. The van der Waals surface area contributed by atoms with E-state index in [1.807, 2.05) is 11.9 Å². The minimum atomic E-state index is -0.304. The maximum Gasteiger partial charge on any atom is 0.232 e. The average molecular weight is 231 g/mol. The molecule has 0 aliphatic carbocycles. The van der Waals surface area contributed by atoms with Gasteiger partial charge in [-0.1, -0.05) is 38.1 Å². The van der Waals surface area contributed by atoms with Gasteiger partial charge in [-0.15, -0.1) is 0 Å². The lowest BCUT2D eigenvalue weighted by atomic mass is 9.73. The molecule has 2 nitrogen and oxygen atoms in total. The molecule has 2 heteroatoms. The molecule has 1 amide bonds. The lowest BCUT2D eigenvalue weighted by Gasteiger charge is -2.33. The molecule has 1 heterocycles. The summed E-state index contributed by atoms with van der Waals surface area (Å²) in [6, 6.07) is 8.43. The molecule has 0 atom stereocenters. The van der Waals surface area contributed by atoms with Crippen LogP contribution in [0, 0.1) is 0 Å². The van der Waals surface area contributed by atoms with Crippen molar-refractivity contribution in [3.8, 4) is 0 Å². The average Bonchev–Trinajstić information content (AvgIpc) is 2.48. The molecule has 1 aromatic rings. The summed E-state index contributed by atoms with van der Waals surface area (Å²) < 4.78 is 0. The molecule has 2 rings (SSSR count). The van der Waals surface area contributed by atoms with Crippen molar-refractivity contribution in [2.75, 3.05) is 13.6 Å². The Morgan fingerprint density at radius 2 is 1.88 bits per heavy atom. The van der Waals surface area contributed by atoms with Gasteiger partial charge in [-0.2, -0.15) is 0 Å². The minimum absolute atomic E-state index is 0.285. The molecule has 17 heavy (non-hydrogen) atoms. The number of likely N-dealkylation sites (N-methyl/N-ethyl adjacent to an activating group) is 1. The Hall–Kier alpha value is -1.31. The maximum atomic E-state index is 12.6. The summed E-state index contributed by atoms with van der Waals surface area (Å²) in [5, 5.41) is 0. The first kappa shape index (κ1) is 12.2. The van der Waals surface area contributed by atoms with Crippen LogP contribution in [0.1, 0.15) is 37.8 Å². The summed E-state index contributed by atoms with van der Waals surface area (Å²) >= 11 is 0. The van der Waals surface area contributed by atoms with E-state index in [0.717, 1.165) is 25.8 Å². The van der Waals surface area contributed by atoms with Gasteiger partial charge >= 0.3 is 0 Å². The lowest BCUT2D eigenvalue weighted by molar-refractivity contribution is -0.136. The Morgan fingerprint density at radius 1 is 1.24 bits per heavy atom. The molecule has 1 aromatic carbocycles. The van der Waals surface area contributed by atoms with E-state index in [0.29, 0.717) is 0 Å². The smallest absolute Gasteiger partial charge is 0.232 e. The van der Waals surface area contributed by atoms with Crippen LogP contribution in [0.3, 0.4) is 0 Å². The van der Waals surface area contributed by atoms with Gasteiger partial charge in [0, 0.05) is 13.6 Å². The highest BCUT2D eigenvalue weighted by Gasteiger charge is 2.41. The predicted octanol–water partition coefficient (Wildman–Crippen LogP) is 2.76. The van der Waals surface area contributed by atoms with Crippen molar-refractivity contribution in [1.82, 2.24) is 4.90 Å². The van der Waals surface area contributed by atoms with E-state index in [9.17, 15) is 4.79 Å². The van der Waals surface area contributed by atoms with Crippen LogP contribution >= 0.6 is 0 Å². The van der Waals surface area contributed by atoms with E-state index >= 15 is 0 Å². The number of amides is 1. The van der Waals surface area contributed by atoms with Crippen LogP contribution in [0.25, 0.3) is 0 Å². The molecule has 0 saturated carbocycles. The van der Waals surface area contributed by atoms with Gasteiger partial charge < -0.3 is 4.90 Å². The first-order valence-corrected chi connectivity index (χ1v) is 6.49. The number of nitrogens with zero attached hydrogens (tertiary/aromatic N) is 1. The van der Waals surface area contributed by atoms with Crippen LogP contribution in [-0.4, -0.2) is 24.4 Å². The van der Waals surface area contributed by atoms with Crippen molar-refractivity contribution in [2.45, 2.75) is 38.5 Å². The molecule has 0 saturated heterocycles. The quantitative estimate of drug-likeness (QED) is 0.766. The van der Waals surface area contributed by atoms with Gasteiger partial charge in [0.15, 0.2) is 0 Å². The van der Waals surface area contributed by atoms with Crippen LogP contribution in [0.5, 0.6) is 0 Å². The summed E-state index contributed by atoms with van der Waals surface area (Å²) in [6.07, 6.45) is 2.73. The third kappa shape index (κ3) is 1.76. The second-order valence-electron chi connectivity index (χ2n) is 4.92. The van der Waals surface area contributed by atoms with Gasteiger partial charge in [0.2, 0.25) is 5.91 Å². The number of hydrogen-bond donors (Lipinski definition) is 0. The zero-order valence-corrected chi connectivity index (χ0v) is 11.0. The fourth-order valence-electron chi connectivity index (χ4n) is 3.01. The number of hydrogen-bond acceptors (Lipinski definition) is 1. The van der Waals surface area contributed by atoms with Crippen molar-refractivity contribution in [3.05, 3.63) is 35.4 Å². The third-order valence-corrected chi connectivity index (χ3v) is 4.21. The van der Waals surface area contributed by atoms with Crippen molar-refractivity contribution >= 4 is 5.91 Å². The molecular weight excluding hydrogens is 210 g/mol. The molecule has 92 valence electrons. The summed E-state index contributed by atoms with van der Waals surface area (Å²) in [5.74, 6) is 0.285. The van der Waals surface area contributed by atoms with Crippen LogP contribution < -0.4 is 0 Å². The normalized spacial score (nSPS) is 18.8. The fourth-order valence-corrected chi connectivity index (χ4v) is 3.01. The molecule has 0 spiro atoms. The Kier molecular flexibility index (Phi) is 3.23. The summed E-state index contributed by atoms with van der Waals surface area (Å²) in [4.78, 5) is 14.5. The van der Waals surface area contributed by atoms with E-state index in [1.165, 1.54) is 11.1 Å². The second-order valence-corrected chi connectivity index (χ2v) is 4.92. The first-order chi connectivity index (χ1) is 8.15. The highest BCUT2D eigenvalue weighted by atomic mass is 16.2. The van der Waals surface area contributed by atoms with Crippen molar-refractivity contribution in [3.63, 3.8) is 0 Å². The molecule has 1 aliphatic rings. The largest absolute Gasteiger partial charge is 0.345 e. The molecule has 1 aliphatic heterocycles. The van der Waals surface area contributed by atoms with Gasteiger partial charge in [0.1, 0.15) is 0 Å². The standard InChI is InChI=1S/C15H21NO/c1-4-15(5-2)13-9-7-6-8-12(13)10-11-16(3)14(15)17/h6-9H,4-5,10-11H2,1-3H3. The molecule has 0 fully saturated rings. The highest BCUT2D eigenvalue weighted by Crippen LogP contribution is 2.37. The van der Waals surface area contributed by atoms with Crippen LogP contribution in [0.2, 0.25) is 0 Å². The number of carbonyl (C=O) groups excluding carboxylic acids is 1. The van der Waals surface area contributed by atoms with Crippen molar-refractivity contribution in [1.29, 1.82) is 0 Å². The minimum Gasteiger partial charge on any atom is -0.345 e. The monoisotopic (exact) mass is 231 g/mol. The fraction of sp³-hybridized carbons (Fsp3) is 0.533. The zero-order chi connectivity index (χ0) is 12.5. The van der Waals surface area contributed by atoms with E-state index in [1.54, 1.807) is 0 Å². The van der Waals surface area contributed by atoms with Gasteiger partial charge in [-0.05, 0) is 30.4 Å². The van der Waals surface area contributed by atoms with Crippen molar-refractivity contribution < 1.29 is 4.79 Å². The van der Waals surface area contributed by atoms with Crippen LogP contribution in [-0.2, 0) is 16.6 Å². The highest BCUT2D eigenvalue weighted by molar-refractivity contribution is 5.89. The number of rotatable bonds is 2. The maximum absolute atomic E-state index is 12.6. The van der Waals surface area contributed by atoms with Gasteiger partial charge in [0.05, 0.1) is 5.41 Å². The summed E-state index contributed by atoms with van der Waals surface area (Å²) in [7, 11) is 1.92. The van der Waals surface area contributed by atoms with Crippen LogP contribution in [0.4, 0.5) is 0 Å². The van der Waals surface area contributed by atoms with Crippen molar-refractivity contribution in [2.24, 2.45) is 0 Å². The molecule has 0 bridgehead atoms. The Morgan fingerprint density at radius 3 is 2.53 bits per heavy atom. The second kappa shape index (κ2) is 4.52. The van der Waals surface area contributed by atoms with E-state index in [-0.39, 0.29) is 11.3 Å². The van der Waals surface area contributed by atoms with Gasteiger partial charge in [-0.25, -0.2) is 0 Å². The predicted molar refractivity (Wildman–Crippen MR) is 70.0 cm³/mol. The van der Waals surface area contributed by atoms with E-state index in [4.69, 9.17) is 0 Å². The summed E-state index contributed by atoms with van der Waals surface area (Å²) in [5.41, 5.74) is 2.29. The Labute approximate surface area is 104 Å². The topological polar surface area (TPSA) is 20.3 Å². The molecular formula is C15H21NO. The lowest BCUT2D eigenvalue weighted by Crippen LogP contribution is -2.43. The SMILES string of the molecule is CCC1(CC)C(=O)N(C)CCc2ccccc21. The molecule has 0 radical (unpaired) electrons. The van der Waals surface area contributed by atoms with Gasteiger partial charge in [0.25, 0.3) is 0 Å². The van der Waals surface area contributed by atoms with E-state index in [2.05, 4.69) is 38.1 Å². The molecule has 0 N–H and O–H groups in total. The van der Waals surface area contributed by atoms with Crippen LogP contribution in [0.15, 0.2) is 24.3 Å². The van der Waals surface area contributed by atoms with Gasteiger partial charge in [-0.3, -0.25) is 4.79 Å². The first-order valence-electron chi connectivity index (χ1n) is 6.49. The number of fused-ring (bicyclic) bond motifs is 1. The summed E-state index contributed by atoms with van der Waals surface area (Å²) in [6.45, 7) is 5.08. The zero-order valence-electron chi connectivity index (χ0n) is 11.0. The Bertz CT molecular complexity index is 421. The Balaban J connectivity index is 2.62. The van der Waals surface area contributed by atoms with E-state index < -0.39 is 0 Å².